The Hall–Kier alpha value is -2.14. The second kappa shape index (κ2) is 8.34. The zero-order valence-corrected chi connectivity index (χ0v) is 13.2. The second-order valence-electron chi connectivity index (χ2n) is 5.53. The molecule has 2 rings (SSSR count). The number of carbonyl (C=O) groups is 1. The average Bonchev–Trinajstić information content (AvgIpc) is 3.01. The fourth-order valence-corrected chi connectivity index (χ4v) is 2.32. The fourth-order valence-electron chi connectivity index (χ4n) is 2.32. The highest BCUT2D eigenvalue weighted by Crippen LogP contribution is 2.10. The first-order valence-electron chi connectivity index (χ1n) is 7.70. The molecule has 5 heteroatoms. The summed E-state index contributed by atoms with van der Waals surface area (Å²) < 4.78 is 1.88. The lowest BCUT2D eigenvalue weighted by Gasteiger charge is -2.16. The minimum Gasteiger partial charge on any atom is -0.350 e. The van der Waals surface area contributed by atoms with Crippen molar-refractivity contribution in [1.82, 2.24) is 20.4 Å². The molecular formula is C17H24N4O. The third kappa shape index (κ3) is 5.33. The molecule has 2 atom stereocenters. The summed E-state index contributed by atoms with van der Waals surface area (Å²) in [6.07, 6.45) is 4.18. The van der Waals surface area contributed by atoms with Gasteiger partial charge >= 0.3 is 0 Å². The minimum absolute atomic E-state index is 0.0372. The van der Waals surface area contributed by atoms with E-state index in [-0.39, 0.29) is 18.0 Å². The van der Waals surface area contributed by atoms with Gasteiger partial charge in [-0.15, -0.1) is 0 Å². The van der Waals surface area contributed by atoms with Crippen molar-refractivity contribution >= 4 is 5.91 Å². The lowest BCUT2D eigenvalue weighted by molar-refractivity contribution is -0.121. The number of nitrogens with one attached hydrogen (secondary N) is 2. The quantitative estimate of drug-likeness (QED) is 0.785. The topological polar surface area (TPSA) is 59.0 Å². The first-order valence-corrected chi connectivity index (χ1v) is 7.70. The summed E-state index contributed by atoms with van der Waals surface area (Å²) in [5.41, 5.74) is 1.12. The first kappa shape index (κ1) is 16.2. The van der Waals surface area contributed by atoms with Crippen molar-refractivity contribution in [3.63, 3.8) is 0 Å². The Labute approximate surface area is 131 Å². The maximum Gasteiger partial charge on any atom is 0.221 e. The van der Waals surface area contributed by atoms with Gasteiger partial charge < -0.3 is 10.6 Å². The molecule has 0 unspecified atom stereocenters. The molecule has 0 radical (unpaired) electrons. The van der Waals surface area contributed by atoms with Gasteiger partial charge in [-0.3, -0.25) is 9.48 Å². The number of hydrogen-bond donors (Lipinski definition) is 2. The van der Waals surface area contributed by atoms with Crippen LogP contribution >= 0.6 is 0 Å². The zero-order chi connectivity index (χ0) is 15.8. The van der Waals surface area contributed by atoms with Crippen LogP contribution in [0.5, 0.6) is 0 Å². The molecule has 0 aliphatic rings. The van der Waals surface area contributed by atoms with Crippen LogP contribution in [0.4, 0.5) is 0 Å². The largest absolute Gasteiger partial charge is 0.350 e. The van der Waals surface area contributed by atoms with E-state index >= 15 is 0 Å². The van der Waals surface area contributed by atoms with E-state index in [9.17, 15) is 4.79 Å². The summed E-state index contributed by atoms with van der Waals surface area (Å²) >= 11 is 0. The van der Waals surface area contributed by atoms with Crippen LogP contribution in [0, 0.1) is 0 Å². The number of aromatic nitrogens is 2. The van der Waals surface area contributed by atoms with Crippen LogP contribution in [0.2, 0.25) is 0 Å². The van der Waals surface area contributed by atoms with Gasteiger partial charge in [0.25, 0.3) is 0 Å². The van der Waals surface area contributed by atoms with Gasteiger partial charge in [0, 0.05) is 31.4 Å². The number of hydrogen-bond acceptors (Lipinski definition) is 3. The molecule has 22 heavy (non-hydrogen) atoms. The Morgan fingerprint density at radius 1 is 1.23 bits per heavy atom. The van der Waals surface area contributed by atoms with Gasteiger partial charge in [0.1, 0.15) is 0 Å². The average molecular weight is 300 g/mol. The van der Waals surface area contributed by atoms with E-state index < -0.39 is 0 Å². The van der Waals surface area contributed by atoms with Crippen LogP contribution in [-0.4, -0.2) is 28.3 Å². The van der Waals surface area contributed by atoms with E-state index in [0.717, 1.165) is 12.1 Å². The highest BCUT2D eigenvalue weighted by Gasteiger charge is 2.09. The van der Waals surface area contributed by atoms with Gasteiger partial charge in [-0.25, -0.2) is 0 Å². The molecule has 1 amide bonds. The molecular weight excluding hydrogens is 276 g/mol. The molecule has 0 fully saturated rings. The van der Waals surface area contributed by atoms with E-state index in [1.165, 1.54) is 0 Å². The summed E-state index contributed by atoms with van der Waals surface area (Å²) in [5.74, 6) is 0.0649. The molecule has 0 bridgehead atoms. The van der Waals surface area contributed by atoms with Gasteiger partial charge in [-0.1, -0.05) is 30.3 Å². The Kier molecular flexibility index (Phi) is 6.15. The maximum absolute atomic E-state index is 12.0. The predicted molar refractivity (Wildman–Crippen MR) is 87.3 cm³/mol. The number of rotatable bonds is 8. The summed E-state index contributed by atoms with van der Waals surface area (Å²) in [5, 5.41) is 10.5. The van der Waals surface area contributed by atoms with E-state index in [2.05, 4.69) is 22.7 Å². The highest BCUT2D eigenvalue weighted by molar-refractivity contribution is 5.76. The summed E-state index contributed by atoms with van der Waals surface area (Å²) in [4.78, 5) is 12.0. The van der Waals surface area contributed by atoms with Crippen LogP contribution in [-0.2, 0) is 11.3 Å². The van der Waals surface area contributed by atoms with Crippen LogP contribution < -0.4 is 10.6 Å². The van der Waals surface area contributed by atoms with Crippen molar-refractivity contribution in [3.05, 3.63) is 54.4 Å². The number of amides is 1. The molecule has 5 nitrogen and oxygen atoms in total. The van der Waals surface area contributed by atoms with Crippen molar-refractivity contribution in [2.75, 3.05) is 6.54 Å². The van der Waals surface area contributed by atoms with E-state index in [1.54, 1.807) is 6.20 Å². The van der Waals surface area contributed by atoms with Gasteiger partial charge in [-0.05, 0) is 25.5 Å². The molecule has 2 aromatic rings. The summed E-state index contributed by atoms with van der Waals surface area (Å²) in [6.45, 7) is 5.55. The standard InChI is InChI=1S/C17H24N4O/c1-14(13-21-12-6-10-19-21)18-11-9-17(22)20-15(2)16-7-4-3-5-8-16/h3-8,10,12,14-15,18H,9,11,13H2,1-2H3,(H,20,22)/t14-,15-/m0/s1. The van der Waals surface area contributed by atoms with Gasteiger partial charge in [0.15, 0.2) is 0 Å². The van der Waals surface area contributed by atoms with Crippen molar-refractivity contribution in [2.24, 2.45) is 0 Å². The van der Waals surface area contributed by atoms with Crippen LogP contribution in [0.1, 0.15) is 31.9 Å². The lowest BCUT2D eigenvalue weighted by atomic mass is 10.1. The molecule has 0 aliphatic carbocycles. The SMILES string of the molecule is C[C@H](NC(=O)CCN[C@@H](C)Cn1cccn1)c1ccccc1. The highest BCUT2D eigenvalue weighted by atomic mass is 16.1. The fraction of sp³-hybridized carbons (Fsp3) is 0.412. The van der Waals surface area contributed by atoms with Crippen molar-refractivity contribution < 1.29 is 4.79 Å². The lowest BCUT2D eigenvalue weighted by Crippen LogP contribution is -2.35. The summed E-state index contributed by atoms with van der Waals surface area (Å²) in [6, 6.07) is 12.2. The van der Waals surface area contributed by atoms with Crippen LogP contribution in [0.25, 0.3) is 0 Å². The Bertz CT molecular complexity index is 553. The van der Waals surface area contributed by atoms with Gasteiger partial charge in [0.05, 0.1) is 12.6 Å². The predicted octanol–water partition coefficient (Wildman–Crippen LogP) is 2.13. The molecule has 118 valence electrons. The third-order valence-corrected chi connectivity index (χ3v) is 3.54. The Morgan fingerprint density at radius 3 is 2.68 bits per heavy atom. The van der Waals surface area contributed by atoms with Gasteiger partial charge in [0.2, 0.25) is 5.91 Å². The third-order valence-electron chi connectivity index (χ3n) is 3.54. The van der Waals surface area contributed by atoms with Gasteiger partial charge in [-0.2, -0.15) is 5.10 Å². The monoisotopic (exact) mass is 300 g/mol. The molecule has 1 aromatic carbocycles. The number of nitrogens with zero attached hydrogens (tertiary/aromatic N) is 2. The Balaban J connectivity index is 1.65. The minimum atomic E-state index is 0.0372. The summed E-state index contributed by atoms with van der Waals surface area (Å²) in [7, 11) is 0. The van der Waals surface area contributed by atoms with Crippen LogP contribution in [0.15, 0.2) is 48.8 Å². The normalized spacial score (nSPS) is 13.5. The van der Waals surface area contributed by atoms with Crippen molar-refractivity contribution in [2.45, 2.75) is 38.9 Å². The van der Waals surface area contributed by atoms with E-state index in [0.29, 0.717) is 13.0 Å². The second-order valence-corrected chi connectivity index (χ2v) is 5.53. The molecule has 1 aromatic heterocycles. The number of benzene rings is 1. The van der Waals surface area contributed by atoms with E-state index in [4.69, 9.17) is 0 Å². The van der Waals surface area contributed by atoms with Crippen molar-refractivity contribution in [3.8, 4) is 0 Å². The Morgan fingerprint density at radius 2 is 2.00 bits per heavy atom. The molecule has 0 spiro atoms. The molecule has 0 aliphatic heterocycles. The molecule has 0 saturated carbocycles. The molecule has 0 saturated heterocycles. The maximum atomic E-state index is 12.0. The molecule has 1 heterocycles. The van der Waals surface area contributed by atoms with E-state index in [1.807, 2.05) is 54.2 Å². The number of carbonyl (C=O) groups excluding carboxylic acids is 1. The van der Waals surface area contributed by atoms with Crippen LogP contribution in [0.3, 0.4) is 0 Å². The smallest absolute Gasteiger partial charge is 0.221 e. The molecule has 2 N–H and O–H groups in total. The first-order chi connectivity index (χ1) is 10.6. The zero-order valence-electron chi connectivity index (χ0n) is 13.2. The van der Waals surface area contributed by atoms with Crippen molar-refractivity contribution in [1.29, 1.82) is 0 Å².